The van der Waals surface area contributed by atoms with E-state index in [2.05, 4.69) is 0 Å². The van der Waals surface area contributed by atoms with Gasteiger partial charge < -0.3 is 4.74 Å². The van der Waals surface area contributed by atoms with Crippen LogP contribution < -0.4 is 0 Å². The number of ether oxygens (including phenoxy) is 1. The van der Waals surface area contributed by atoms with Gasteiger partial charge in [-0.15, -0.1) is 0 Å². The van der Waals surface area contributed by atoms with Gasteiger partial charge in [0.15, 0.2) is 9.84 Å². The molecule has 7 heteroatoms. The maximum absolute atomic E-state index is 11.7. The molecule has 0 aromatic carbocycles. The van der Waals surface area contributed by atoms with Crippen molar-refractivity contribution in [3.63, 3.8) is 0 Å². The highest BCUT2D eigenvalue weighted by molar-refractivity contribution is 7.91. The molecular formula is C12H21NO5S. The molecule has 1 atom stereocenters. The molecule has 1 aliphatic rings. The molecule has 19 heavy (non-hydrogen) atoms. The summed E-state index contributed by atoms with van der Waals surface area (Å²) in [6, 6.07) is -0.148. The Balaban J connectivity index is 2.35. The summed E-state index contributed by atoms with van der Waals surface area (Å²) in [6.45, 7) is 4.42. The summed E-state index contributed by atoms with van der Waals surface area (Å²) < 4.78 is 27.6. The number of hydrogen-bond donors (Lipinski definition) is 0. The predicted octanol–water partition coefficient (Wildman–Crippen LogP) is 0.0177. The van der Waals surface area contributed by atoms with Gasteiger partial charge in [-0.2, -0.15) is 0 Å². The van der Waals surface area contributed by atoms with Crippen LogP contribution in [0.4, 0.5) is 0 Å². The highest BCUT2D eigenvalue weighted by Crippen LogP contribution is 2.11. The van der Waals surface area contributed by atoms with Crippen LogP contribution in [0, 0.1) is 0 Å². The van der Waals surface area contributed by atoms with E-state index < -0.39 is 9.84 Å². The fourth-order valence-corrected chi connectivity index (χ4v) is 3.67. The van der Waals surface area contributed by atoms with Crippen LogP contribution in [0.3, 0.4) is 0 Å². The Kier molecular flexibility index (Phi) is 5.93. The van der Waals surface area contributed by atoms with Crippen molar-refractivity contribution < 1.29 is 22.7 Å². The van der Waals surface area contributed by atoms with Gasteiger partial charge in [0.25, 0.3) is 0 Å². The van der Waals surface area contributed by atoms with E-state index in [1.807, 2.05) is 4.90 Å². The van der Waals surface area contributed by atoms with Crippen LogP contribution in [0.1, 0.15) is 26.7 Å². The molecule has 0 saturated carbocycles. The van der Waals surface area contributed by atoms with E-state index in [-0.39, 0.29) is 48.7 Å². The smallest absolute Gasteiger partial charge is 0.306 e. The Morgan fingerprint density at radius 2 is 2.00 bits per heavy atom. The second-order valence-electron chi connectivity index (χ2n) is 4.78. The molecule has 6 nitrogen and oxygen atoms in total. The van der Waals surface area contributed by atoms with E-state index in [9.17, 15) is 18.0 Å². The summed E-state index contributed by atoms with van der Waals surface area (Å²) in [6.07, 6.45) is 0.238. The van der Waals surface area contributed by atoms with Gasteiger partial charge in [0.05, 0.1) is 31.1 Å². The zero-order valence-corrected chi connectivity index (χ0v) is 12.2. The molecule has 0 aromatic heterocycles. The van der Waals surface area contributed by atoms with Gasteiger partial charge in [-0.3, -0.25) is 14.5 Å². The summed E-state index contributed by atoms with van der Waals surface area (Å²) in [5.74, 6) is -0.231. The van der Waals surface area contributed by atoms with E-state index in [0.717, 1.165) is 0 Å². The second-order valence-corrected chi connectivity index (χ2v) is 7.01. The summed E-state index contributed by atoms with van der Waals surface area (Å²) in [7, 11) is -2.96. The number of Topliss-reactive ketones (excluding diaryl/α,β-unsaturated/α-hetero) is 1. The van der Waals surface area contributed by atoms with Crippen molar-refractivity contribution in [2.75, 3.05) is 31.2 Å². The number of nitrogens with zero attached hydrogens (tertiary/aromatic N) is 1. The van der Waals surface area contributed by atoms with E-state index in [0.29, 0.717) is 13.2 Å². The Hall–Kier alpha value is -0.950. The molecule has 0 radical (unpaired) electrons. The van der Waals surface area contributed by atoms with E-state index in [1.165, 1.54) is 0 Å². The maximum Gasteiger partial charge on any atom is 0.306 e. The highest BCUT2D eigenvalue weighted by Gasteiger charge is 2.29. The van der Waals surface area contributed by atoms with Gasteiger partial charge in [0.2, 0.25) is 0 Å². The van der Waals surface area contributed by atoms with Gasteiger partial charge in [-0.05, 0) is 13.8 Å². The number of ketones is 1. The lowest BCUT2D eigenvalue weighted by atomic mass is 10.2. The summed E-state index contributed by atoms with van der Waals surface area (Å²) in [4.78, 5) is 24.7. The van der Waals surface area contributed by atoms with Crippen LogP contribution in [0.2, 0.25) is 0 Å². The van der Waals surface area contributed by atoms with Gasteiger partial charge >= 0.3 is 5.97 Å². The number of esters is 1. The van der Waals surface area contributed by atoms with Crippen molar-refractivity contribution in [1.29, 1.82) is 0 Å². The Morgan fingerprint density at radius 1 is 1.32 bits per heavy atom. The van der Waals surface area contributed by atoms with Crippen LogP contribution in [-0.2, 0) is 24.2 Å². The molecule has 0 aromatic rings. The minimum absolute atomic E-state index is 0.0563. The van der Waals surface area contributed by atoms with Crippen LogP contribution in [0.25, 0.3) is 0 Å². The van der Waals surface area contributed by atoms with Crippen molar-refractivity contribution in [1.82, 2.24) is 4.90 Å². The van der Waals surface area contributed by atoms with E-state index in [1.54, 1.807) is 13.8 Å². The third-order valence-electron chi connectivity index (χ3n) is 3.10. The van der Waals surface area contributed by atoms with Gasteiger partial charge in [0.1, 0.15) is 5.78 Å². The van der Waals surface area contributed by atoms with Crippen LogP contribution in [0.15, 0.2) is 0 Å². The van der Waals surface area contributed by atoms with Gasteiger partial charge in [-0.25, -0.2) is 8.42 Å². The summed E-state index contributed by atoms with van der Waals surface area (Å²) in [5, 5.41) is 0. The zero-order valence-electron chi connectivity index (χ0n) is 11.4. The fraction of sp³-hybridized carbons (Fsp3) is 0.833. The van der Waals surface area contributed by atoms with Crippen LogP contribution >= 0.6 is 0 Å². The Morgan fingerprint density at radius 3 is 2.58 bits per heavy atom. The SMILES string of the molecule is CCOC(=O)CCC(=O)CN1CCS(=O)(=O)CC1C. The molecule has 1 rings (SSSR count). The minimum atomic E-state index is -2.96. The molecule has 110 valence electrons. The number of carbonyl (C=O) groups is 2. The normalized spacial score (nSPS) is 22.9. The van der Waals surface area contributed by atoms with Crippen molar-refractivity contribution in [2.24, 2.45) is 0 Å². The zero-order chi connectivity index (χ0) is 14.5. The quantitative estimate of drug-likeness (QED) is 0.642. The van der Waals surface area contributed by atoms with E-state index in [4.69, 9.17) is 4.74 Å². The topological polar surface area (TPSA) is 80.8 Å². The Labute approximate surface area is 114 Å². The molecule has 0 N–H and O–H groups in total. The first-order valence-corrected chi connectivity index (χ1v) is 8.28. The fourth-order valence-electron chi connectivity index (χ4n) is 2.05. The molecule has 1 aliphatic heterocycles. The highest BCUT2D eigenvalue weighted by atomic mass is 32.2. The lowest BCUT2D eigenvalue weighted by molar-refractivity contribution is -0.144. The number of carbonyl (C=O) groups excluding carboxylic acids is 2. The van der Waals surface area contributed by atoms with Crippen molar-refractivity contribution in [3.8, 4) is 0 Å². The van der Waals surface area contributed by atoms with Crippen molar-refractivity contribution in [2.45, 2.75) is 32.7 Å². The molecule has 0 aliphatic carbocycles. The van der Waals surface area contributed by atoms with Gasteiger partial charge in [0, 0.05) is 19.0 Å². The average Bonchev–Trinajstić information content (AvgIpc) is 2.30. The molecule has 1 fully saturated rings. The minimum Gasteiger partial charge on any atom is -0.466 e. The van der Waals surface area contributed by atoms with Gasteiger partial charge in [-0.1, -0.05) is 0 Å². The third kappa shape index (κ3) is 5.69. The number of rotatable bonds is 6. The number of hydrogen-bond acceptors (Lipinski definition) is 6. The molecule has 0 bridgehead atoms. The lowest BCUT2D eigenvalue weighted by Gasteiger charge is -2.32. The monoisotopic (exact) mass is 291 g/mol. The molecule has 1 heterocycles. The van der Waals surface area contributed by atoms with Crippen LogP contribution in [-0.4, -0.2) is 62.3 Å². The molecular weight excluding hydrogens is 270 g/mol. The predicted molar refractivity (Wildman–Crippen MR) is 70.6 cm³/mol. The standard InChI is InChI=1S/C12H21NO5S/c1-3-18-12(15)5-4-11(14)8-13-6-7-19(16,17)9-10(13)2/h10H,3-9H2,1-2H3. The largest absolute Gasteiger partial charge is 0.466 e. The maximum atomic E-state index is 11.7. The Bertz CT molecular complexity index is 431. The third-order valence-corrected chi connectivity index (χ3v) is 4.90. The molecule has 1 saturated heterocycles. The number of sulfone groups is 1. The van der Waals surface area contributed by atoms with Crippen LogP contribution in [0.5, 0.6) is 0 Å². The average molecular weight is 291 g/mol. The summed E-state index contributed by atoms with van der Waals surface area (Å²) >= 11 is 0. The lowest BCUT2D eigenvalue weighted by Crippen LogP contribution is -2.48. The van der Waals surface area contributed by atoms with Crippen molar-refractivity contribution >= 4 is 21.6 Å². The molecule has 1 unspecified atom stereocenters. The van der Waals surface area contributed by atoms with E-state index >= 15 is 0 Å². The molecule has 0 spiro atoms. The first-order valence-electron chi connectivity index (χ1n) is 6.46. The summed E-state index contributed by atoms with van der Waals surface area (Å²) in [5.41, 5.74) is 0. The molecule has 0 amide bonds. The second kappa shape index (κ2) is 7.00. The first-order chi connectivity index (χ1) is 8.84. The van der Waals surface area contributed by atoms with Crippen molar-refractivity contribution in [3.05, 3.63) is 0 Å². The first kappa shape index (κ1) is 16.1.